The zero-order valence-electron chi connectivity index (χ0n) is 8.45. The summed E-state index contributed by atoms with van der Waals surface area (Å²) >= 11 is 5.63. The summed E-state index contributed by atoms with van der Waals surface area (Å²) in [4.78, 5) is 3.83. The Morgan fingerprint density at radius 1 is 1.36 bits per heavy atom. The van der Waals surface area contributed by atoms with Gasteiger partial charge < -0.3 is 5.73 Å². The molecule has 0 aliphatic carbocycles. The molecule has 2 aromatic rings. The van der Waals surface area contributed by atoms with Crippen molar-refractivity contribution in [3.05, 3.63) is 23.1 Å². The predicted molar refractivity (Wildman–Crippen MR) is 58.5 cm³/mol. The first-order valence-electron chi connectivity index (χ1n) is 4.46. The molecule has 0 aromatic carbocycles. The number of nitrogen functional groups attached to an aromatic ring is 1. The van der Waals surface area contributed by atoms with Crippen molar-refractivity contribution < 1.29 is 0 Å². The number of rotatable bonds is 0. The van der Waals surface area contributed by atoms with Crippen LogP contribution in [0.3, 0.4) is 0 Å². The number of aromatic nitrogens is 3. The molecule has 0 saturated carbocycles. The lowest BCUT2D eigenvalue weighted by Crippen LogP contribution is -2.01. The van der Waals surface area contributed by atoms with E-state index >= 15 is 0 Å². The van der Waals surface area contributed by atoms with Gasteiger partial charge in [0, 0.05) is 5.69 Å². The van der Waals surface area contributed by atoms with E-state index < -0.39 is 0 Å². The van der Waals surface area contributed by atoms with E-state index in [1.807, 2.05) is 32.9 Å². The van der Waals surface area contributed by atoms with Crippen LogP contribution >= 0.6 is 11.6 Å². The van der Waals surface area contributed by atoms with Gasteiger partial charge in [0.25, 0.3) is 0 Å². The van der Waals surface area contributed by atoms with E-state index in [9.17, 15) is 0 Å². The molecule has 0 unspecified atom stereocenters. The summed E-state index contributed by atoms with van der Waals surface area (Å²) in [6.45, 7) is 5.93. The molecule has 0 radical (unpaired) electrons. The molecule has 2 rings (SSSR count). The Morgan fingerprint density at radius 2 is 2.00 bits per heavy atom. The largest absolute Gasteiger partial charge is 0.382 e. The summed E-state index contributed by atoms with van der Waals surface area (Å²) < 4.78 is 1.67. The number of nitrogens with zero attached hydrogens (tertiary/aromatic N) is 3. The van der Waals surface area contributed by atoms with E-state index in [-0.39, 0.29) is 5.28 Å². The molecule has 14 heavy (non-hydrogen) atoms. The molecule has 4 nitrogen and oxygen atoms in total. The van der Waals surface area contributed by atoms with Gasteiger partial charge in [0.1, 0.15) is 5.52 Å². The summed E-state index contributed by atoms with van der Waals surface area (Å²) in [7, 11) is 0. The van der Waals surface area contributed by atoms with E-state index in [0.29, 0.717) is 5.82 Å². The molecular weight excluding hydrogens is 200 g/mol. The highest BCUT2D eigenvalue weighted by Crippen LogP contribution is 2.14. The molecule has 0 atom stereocenters. The first-order chi connectivity index (χ1) is 6.68. The Hall–Kier alpha value is -1.29. The Kier molecular flexibility index (Phi) is 3.30. The number of aryl methyl sites for hydroxylation is 1. The lowest BCUT2D eigenvalue weighted by molar-refractivity contribution is 0.876. The quantitative estimate of drug-likeness (QED) is 0.729. The molecule has 0 fully saturated rings. The number of nitrogens with two attached hydrogens (primary N) is 1. The van der Waals surface area contributed by atoms with Crippen LogP contribution in [0.25, 0.3) is 5.52 Å². The summed E-state index contributed by atoms with van der Waals surface area (Å²) in [5.41, 5.74) is 7.39. The van der Waals surface area contributed by atoms with Crippen LogP contribution in [0.4, 0.5) is 5.82 Å². The fourth-order valence-corrected chi connectivity index (χ4v) is 1.29. The van der Waals surface area contributed by atoms with Gasteiger partial charge in [-0.2, -0.15) is 4.98 Å². The molecule has 0 spiro atoms. The lowest BCUT2D eigenvalue weighted by Gasteiger charge is -1.99. The van der Waals surface area contributed by atoms with E-state index in [4.69, 9.17) is 17.3 Å². The van der Waals surface area contributed by atoms with Gasteiger partial charge in [-0.15, -0.1) is 5.10 Å². The van der Waals surface area contributed by atoms with Crippen molar-refractivity contribution in [3.63, 3.8) is 0 Å². The van der Waals surface area contributed by atoms with Crippen LogP contribution in [0.1, 0.15) is 19.5 Å². The summed E-state index contributed by atoms with van der Waals surface area (Å²) in [5.74, 6) is 0.406. The van der Waals surface area contributed by atoms with Gasteiger partial charge in [-0.25, -0.2) is 4.52 Å². The zero-order valence-corrected chi connectivity index (χ0v) is 9.21. The van der Waals surface area contributed by atoms with Crippen molar-refractivity contribution in [1.82, 2.24) is 14.6 Å². The molecule has 0 aliphatic heterocycles. The Bertz CT molecular complexity index is 436. The third-order valence-electron chi connectivity index (χ3n) is 1.70. The SMILES string of the molecule is CC.Cc1ccc2c(N)nc(Cl)nn12. The average Bonchev–Trinajstić information content (AvgIpc) is 2.52. The Balaban J connectivity index is 0.000000461. The molecular formula is C9H13ClN4. The highest BCUT2D eigenvalue weighted by Gasteiger charge is 2.04. The highest BCUT2D eigenvalue weighted by atomic mass is 35.5. The first kappa shape index (κ1) is 10.8. The van der Waals surface area contributed by atoms with Crippen LogP contribution in [0.2, 0.25) is 5.28 Å². The van der Waals surface area contributed by atoms with Crippen molar-refractivity contribution in [2.45, 2.75) is 20.8 Å². The van der Waals surface area contributed by atoms with E-state index in [1.54, 1.807) is 4.52 Å². The van der Waals surface area contributed by atoms with Crippen LogP contribution in [-0.2, 0) is 0 Å². The standard InChI is InChI=1S/C7H7ClN4.C2H6/c1-4-2-3-5-6(9)10-7(8)11-12(4)5;1-2/h2-3H,1H3,(H2,9,10,11);1-2H3. The molecule has 2 N–H and O–H groups in total. The lowest BCUT2D eigenvalue weighted by atomic mass is 10.5. The van der Waals surface area contributed by atoms with Crippen LogP contribution in [-0.4, -0.2) is 14.6 Å². The van der Waals surface area contributed by atoms with Gasteiger partial charge in [0.2, 0.25) is 5.28 Å². The Morgan fingerprint density at radius 3 is 2.64 bits per heavy atom. The maximum absolute atomic E-state index is 5.63. The van der Waals surface area contributed by atoms with Crippen molar-refractivity contribution >= 4 is 22.9 Å². The molecule has 0 saturated heterocycles. The smallest absolute Gasteiger partial charge is 0.243 e. The number of anilines is 1. The normalized spacial score (nSPS) is 9.71. The summed E-state index contributed by atoms with van der Waals surface area (Å²) in [6, 6.07) is 3.78. The number of fused-ring (bicyclic) bond motifs is 1. The monoisotopic (exact) mass is 212 g/mol. The second-order valence-corrected chi connectivity index (χ2v) is 2.88. The van der Waals surface area contributed by atoms with E-state index in [0.717, 1.165) is 11.2 Å². The summed E-state index contributed by atoms with van der Waals surface area (Å²) in [5, 5.41) is 4.15. The van der Waals surface area contributed by atoms with Crippen molar-refractivity contribution in [2.75, 3.05) is 5.73 Å². The third-order valence-corrected chi connectivity index (χ3v) is 1.86. The maximum atomic E-state index is 5.63. The molecule has 0 aliphatic rings. The molecule has 76 valence electrons. The molecule has 0 amide bonds. The van der Waals surface area contributed by atoms with E-state index in [2.05, 4.69) is 10.1 Å². The highest BCUT2D eigenvalue weighted by molar-refractivity contribution is 6.28. The fraction of sp³-hybridized carbons (Fsp3) is 0.333. The fourth-order valence-electron chi connectivity index (χ4n) is 1.12. The van der Waals surface area contributed by atoms with Gasteiger partial charge in [-0.3, -0.25) is 0 Å². The van der Waals surface area contributed by atoms with Crippen LogP contribution in [0, 0.1) is 6.92 Å². The number of hydrogen-bond acceptors (Lipinski definition) is 3. The predicted octanol–water partition coefficient (Wildman–Crippen LogP) is 2.30. The van der Waals surface area contributed by atoms with Gasteiger partial charge in [-0.1, -0.05) is 13.8 Å². The van der Waals surface area contributed by atoms with Crippen molar-refractivity contribution in [2.24, 2.45) is 0 Å². The first-order valence-corrected chi connectivity index (χ1v) is 4.83. The molecule has 5 heteroatoms. The minimum Gasteiger partial charge on any atom is -0.382 e. The van der Waals surface area contributed by atoms with Crippen LogP contribution in [0.5, 0.6) is 0 Å². The number of hydrogen-bond donors (Lipinski definition) is 1. The van der Waals surface area contributed by atoms with E-state index in [1.165, 1.54) is 0 Å². The third kappa shape index (κ3) is 1.80. The van der Waals surface area contributed by atoms with Crippen molar-refractivity contribution in [1.29, 1.82) is 0 Å². The average molecular weight is 213 g/mol. The van der Waals surface area contributed by atoms with Gasteiger partial charge in [0.15, 0.2) is 5.82 Å². The van der Waals surface area contributed by atoms with Gasteiger partial charge in [-0.05, 0) is 30.7 Å². The summed E-state index contributed by atoms with van der Waals surface area (Å²) in [6.07, 6.45) is 0. The van der Waals surface area contributed by atoms with Crippen LogP contribution in [0.15, 0.2) is 12.1 Å². The maximum Gasteiger partial charge on any atom is 0.243 e. The topological polar surface area (TPSA) is 56.2 Å². The minimum absolute atomic E-state index is 0.166. The van der Waals surface area contributed by atoms with Gasteiger partial charge in [0.05, 0.1) is 0 Å². The van der Waals surface area contributed by atoms with Crippen LogP contribution < -0.4 is 5.73 Å². The van der Waals surface area contributed by atoms with Gasteiger partial charge >= 0.3 is 0 Å². The second-order valence-electron chi connectivity index (χ2n) is 2.54. The van der Waals surface area contributed by atoms with Crippen molar-refractivity contribution in [3.8, 4) is 0 Å². The second kappa shape index (κ2) is 4.28. The Labute approximate surface area is 87.7 Å². The number of halogens is 1. The minimum atomic E-state index is 0.166. The molecule has 2 aromatic heterocycles. The molecule has 0 bridgehead atoms. The zero-order chi connectivity index (χ0) is 10.7. The molecule has 2 heterocycles.